The van der Waals surface area contributed by atoms with Crippen molar-refractivity contribution in [3.63, 3.8) is 0 Å². The molecule has 4 aromatic carbocycles. The number of para-hydroxylation sites is 2. The Balaban J connectivity index is 1.54. The molecule has 190 valence electrons. The van der Waals surface area contributed by atoms with Gasteiger partial charge in [0.25, 0.3) is 10.0 Å². The zero-order chi connectivity index (χ0) is 26.3. The zero-order valence-electron chi connectivity index (χ0n) is 20.6. The van der Waals surface area contributed by atoms with E-state index in [2.05, 4.69) is 17.4 Å². The van der Waals surface area contributed by atoms with Crippen molar-refractivity contribution in [3.8, 4) is 5.75 Å². The summed E-state index contributed by atoms with van der Waals surface area (Å²) in [4.78, 5) is 14.4. The lowest BCUT2D eigenvalue weighted by atomic mass is 10.1. The van der Waals surface area contributed by atoms with Crippen molar-refractivity contribution in [3.05, 3.63) is 114 Å². The first-order valence-electron chi connectivity index (χ1n) is 11.7. The number of thioether (sulfide) groups is 1. The van der Waals surface area contributed by atoms with Gasteiger partial charge in [-0.15, -0.1) is 11.8 Å². The van der Waals surface area contributed by atoms with Crippen molar-refractivity contribution in [2.75, 3.05) is 23.3 Å². The Kier molecular flexibility index (Phi) is 8.53. The molecule has 0 aliphatic carbocycles. The number of nitrogens with one attached hydrogen (secondary N) is 1. The van der Waals surface area contributed by atoms with Gasteiger partial charge in [-0.1, -0.05) is 60.7 Å². The van der Waals surface area contributed by atoms with Crippen LogP contribution < -0.4 is 14.4 Å². The molecule has 1 amide bonds. The summed E-state index contributed by atoms with van der Waals surface area (Å²) in [5.74, 6) is 0.696. The van der Waals surface area contributed by atoms with E-state index in [-0.39, 0.29) is 10.6 Å². The monoisotopic (exact) mass is 532 g/mol. The highest BCUT2D eigenvalue weighted by Gasteiger charge is 2.29. The number of sulfonamides is 1. The molecule has 0 unspecified atom stereocenters. The molecule has 0 fully saturated rings. The Morgan fingerprint density at radius 2 is 1.54 bits per heavy atom. The second-order valence-corrected chi connectivity index (χ2v) is 11.2. The van der Waals surface area contributed by atoms with E-state index in [0.29, 0.717) is 11.4 Å². The minimum absolute atomic E-state index is 0.0881. The van der Waals surface area contributed by atoms with E-state index < -0.39 is 22.5 Å². The molecule has 6 nitrogen and oxygen atoms in total. The third-order valence-corrected chi connectivity index (χ3v) is 8.54. The standard InChI is InChI=1S/C29H28N2O4S2/c1-22-19-23(21-36-24-11-5-3-6-12-24)17-18-26(22)30-29(32)20-31(27-15-9-10-16-28(27)35-2)37(33,34)25-13-7-4-8-14-25/h3-19H,20-21H2,1-2H3,(H,30,32). The number of amides is 1. The number of hydrogen-bond acceptors (Lipinski definition) is 5. The highest BCUT2D eigenvalue weighted by molar-refractivity contribution is 7.98. The van der Waals surface area contributed by atoms with Gasteiger partial charge in [0.05, 0.1) is 17.7 Å². The number of benzene rings is 4. The van der Waals surface area contributed by atoms with Gasteiger partial charge in [0.15, 0.2) is 0 Å². The molecule has 0 atom stereocenters. The number of anilines is 2. The van der Waals surface area contributed by atoms with Crippen LogP contribution in [0.3, 0.4) is 0 Å². The number of aryl methyl sites for hydroxylation is 1. The summed E-state index contributed by atoms with van der Waals surface area (Å²) in [6.45, 7) is 1.51. The van der Waals surface area contributed by atoms with E-state index in [9.17, 15) is 13.2 Å². The summed E-state index contributed by atoms with van der Waals surface area (Å²) in [6, 6.07) is 30.8. The van der Waals surface area contributed by atoms with Crippen molar-refractivity contribution >= 4 is 39.1 Å². The van der Waals surface area contributed by atoms with Crippen LogP contribution in [0.5, 0.6) is 5.75 Å². The van der Waals surface area contributed by atoms with Crippen molar-refractivity contribution in [1.82, 2.24) is 0 Å². The SMILES string of the molecule is COc1ccccc1N(CC(=O)Nc1ccc(CSc2ccccc2)cc1C)S(=O)(=O)c1ccccc1. The topological polar surface area (TPSA) is 75.7 Å². The van der Waals surface area contributed by atoms with Gasteiger partial charge in [-0.3, -0.25) is 9.10 Å². The van der Waals surface area contributed by atoms with Gasteiger partial charge in [-0.25, -0.2) is 8.42 Å². The van der Waals surface area contributed by atoms with Crippen molar-refractivity contribution in [2.24, 2.45) is 0 Å². The Morgan fingerprint density at radius 1 is 0.892 bits per heavy atom. The van der Waals surface area contributed by atoms with Crippen molar-refractivity contribution in [1.29, 1.82) is 0 Å². The number of nitrogens with zero attached hydrogens (tertiary/aromatic N) is 1. The van der Waals surface area contributed by atoms with Crippen LogP contribution in [0.4, 0.5) is 11.4 Å². The fraction of sp³-hybridized carbons (Fsp3) is 0.138. The highest BCUT2D eigenvalue weighted by atomic mass is 32.2. The van der Waals surface area contributed by atoms with Crippen LogP contribution in [0.1, 0.15) is 11.1 Å². The first-order valence-corrected chi connectivity index (χ1v) is 14.1. The first-order chi connectivity index (χ1) is 17.9. The largest absolute Gasteiger partial charge is 0.495 e. The molecule has 0 spiro atoms. The fourth-order valence-electron chi connectivity index (χ4n) is 3.81. The van der Waals surface area contributed by atoms with Crippen LogP contribution in [0.25, 0.3) is 0 Å². The summed E-state index contributed by atoms with van der Waals surface area (Å²) in [7, 11) is -2.57. The quantitative estimate of drug-likeness (QED) is 0.249. The molecule has 37 heavy (non-hydrogen) atoms. The van der Waals surface area contributed by atoms with Gasteiger partial charge in [0, 0.05) is 16.3 Å². The van der Waals surface area contributed by atoms with E-state index in [4.69, 9.17) is 4.74 Å². The molecular formula is C29H28N2O4S2. The molecule has 0 saturated carbocycles. The molecule has 0 aliphatic heterocycles. The minimum atomic E-state index is -4.03. The van der Waals surface area contributed by atoms with E-state index in [1.165, 1.54) is 24.1 Å². The van der Waals surface area contributed by atoms with Gasteiger partial charge in [-0.05, 0) is 60.5 Å². The van der Waals surface area contributed by atoms with E-state index >= 15 is 0 Å². The molecule has 1 N–H and O–H groups in total. The number of carbonyl (C=O) groups excluding carboxylic acids is 1. The average molecular weight is 533 g/mol. The maximum atomic E-state index is 13.6. The molecule has 0 radical (unpaired) electrons. The lowest BCUT2D eigenvalue weighted by Crippen LogP contribution is -2.38. The molecular weight excluding hydrogens is 504 g/mol. The number of ether oxygens (including phenoxy) is 1. The minimum Gasteiger partial charge on any atom is -0.495 e. The smallest absolute Gasteiger partial charge is 0.264 e. The Morgan fingerprint density at radius 3 is 2.22 bits per heavy atom. The van der Waals surface area contributed by atoms with Crippen LogP contribution in [0, 0.1) is 6.92 Å². The average Bonchev–Trinajstić information content (AvgIpc) is 2.93. The van der Waals surface area contributed by atoms with Gasteiger partial charge in [0.2, 0.25) is 5.91 Å². The molecule has 0 saturated heterocycles. The Labute approximate surface area is 222 Å². The number of hydrogen-bond donors (Lipinski definition) is 1. The lowest BCUT2D eigenvalue weighted by molar-refractivity contribution is -0.114. The van der Waals surface area contributed by atoms with Crippen LogP contribution in [0.2, 0.25) is 0 Å². The van der Waals surface area contributed by atoms with Crippen molar-refractivity contribution in [2.45, 2.75) is 22.5 Å². The predicted octanol–water partition coefficient (Wildman–Crippen LogP) is 6.13. The molecule has 0 bridgehead atoms. The normalized spacial score (nSPS) is 11.1. The molecule has 4 aromatic rings. The van der Waals surface area contributed by atoms with Crippen LogP contribution in [-0.2, 0) is 20.6 Å². The van der Waals surface area contributed by atoms with E-state index in [1.807, 2.05) is 43.3 Å². The van der Waals surface area contributed by atoms with Gasteiger partial charge < -0.3 is 10.1 Å². The van der Waals surface area contributed by atoms with Crippen molar-refractivity contribution < 1.29 is 17.9 Å². The zero-order valence-corrected chi connectivity index (χ0v) is 22.3. The third-order valence-electron chi connectivity index (χ3n) is 5.69. The Bertz CT molecular complexity index is 1460. The fourth-order valence-corrected chi connectivity index (χ4v) is 6.13. The summed E-state index contributed by atoms with van der Waals surface area (Å²) in [5.41, 5.74) is 2.95. The second-order valence-electron chi connectivity index (χ2n) is 8.30. The molecule has 0 heterocycles. The van der Waals surface area contributed by atoms with E-state index in [1.54, 1.807) is 54.2 Å². The maximum absolute atomic E-state index is 13.6. The predicted molar refractivity (Wildman–Crippen MR) is 150 cm³/mol. The molecule has 4 rings (SSSR count). The van der Waals surface area contributed by atoms with Crippen LogP contribution in [-0.4, -0.2) is 28.0 Å². The van der Waals surface area contributed by atoms with E-state index in [0.717, 1.165) is 21.2 Å². The molecule has 8 heteroatoms. The van der Waals surface area contributed by atoms with Gasteiger partial charge in [-0.2, -0.15) is 0 Å². The summed E-state index contributed by atoms with van der Waals surface area (Å²) in [6.07, 6.45) is 0. The summed E-state index contributed by atoms with van der Waals surface area (Å²) in [5, 5.41) is 2.88. The third kappa shape index (κ3) is 6.53. The highest BCUT2D eigenvalue weighted by Crippen LogP contribution is 2.32. The van der Waals surface area contributed by atoms with Gasteiger partial charge in [0.1, 0.15) is 12.3 Å². The maximum Gasteiger partial charge on any atom is 0.264 e. The number of carbonyl (C=O) groups is 1. The summed E-state index contributed by atoms with van der Waals surface area (Å²) >= 11 is 1.74. The number of rotatable bonds is 10. The summed E-state index contributed by atoms with van der Waals surface area (Å²) < 4.78 is 33.6. The second kappa shape index (κ2) is 12.0. The van der Waals surface area contributed by atoms with Crippen LogP contribution in [0.15, 0.2) is 113 Å². The Hall–Kier alpha value is -3.75. The molecule has 0 aliphatic rings. The molecule has 0 aromatic heterocycles. The number of methoxy groups -OCH3 is 1. The first kappa shape index (κ1) is 26.3. The van der Waals surface area contributed by atoms with Gasteiger partial charge >= 0.3 is 0 Å². The van der Waals surface area contributed by atoms with Crippen LogP contribution >= 0.6 is 11.8 Å². The lowest BCUT2D eigenvalue weighted by Gasteiger charge is -2.25.